The van der Waals surface area contributed by atoms with Crippen LogP contribution >= 0.6 is 12.2 Å². The lowest BCUT2D eigenvalue weighted by Gasteiger charge is -2.02. The summed E-state index contributed by atoms with van der Waals surface area (Å²) in [4.78, 5) is 10.9. The van der Waals surface area contributed by atoms with Gasteiger partial charge in [-0.2, -0.15) is 0 Å². The maximum Gasteiger partial charge on any atom is 0.308 e. The first-order chi connectivity index (χ1) is 6.09. The van der Waals surface area contributed by atoms with Gasteiger partial charge in [-0.25, -0.2) is 0 Å². The Bertz CT molecular complexity index is 349. The number of rotatable bonds is 2. The normalized spacial score (nSPS) is 9.31. The van der Waals surface area contributed by atoms with E-state index in [1.54, 1.807) is 24.3 Å². The fraction of sp³-hybridized carbons (Fsp3) is 0.111. The molecule has 1 aromatic rings. The van der Waals surface area contributed by atoms with Crippen LogP contribution in [0.2, 0.25) is 0 Å². The van der Waals surface area contributed by atoms with Crippen molar-refractivity contribution in [2.75, 3.05) is 0 Å². The maximum absolute atomic E-state index is 10.6. The van der Waals surface area contributed by atoms with Crippen LogP contribution in [0.1, 0.15) is 12.5 Å². The molecule has 0 unspecified atom stereocenters. The minimum Gasteiger partial charge on any atom is -0.427 e. The van der Waals surface area contributed by atoms with Crippen molar-refractivity contribution in [2.24, 2.45) is 5.73 Å². The van der Waals surface area contributed by atoms with E-state index < -0.39 is 0 Å². The summed E-state index contributed by atoms with van der Waals surface area (Å²) >= 11 is 4.77. The molecule has 13 heavy (non-hydrogen) atoms. The highest BCUT2D eigenvalue weighted by molar-refractivity contribution is 7.80. The van der Waals surface area contributed by atoms with Crippen LogP contribution in [0, 0.1) is 0 Å². The van der Waals surface area contributed by atoms with Gasteiger partial charge < -0.3 is 10.5 Å². The minimum absolute atomic E-state index is 0.286. The summed E-state index contributed by atoms with van der Waals surface area (Å²) in [6.45, 7) is 1.34. The van der Waals surface area contributed by atoms with Gasteiger partial charge in [-0.15, -0.1) is 0 Å². The molecule has 0 fully saturated rings. The number of thiocarbonyl (C=S) groups is 1. The van der Waals surface area contributed by atoms with Gasteiger partial charge in [0.25, 0.3) is 0 Å². The molecule has 0 atom stereocenters. The predicted molar refractivity (Wildman–Crippen MR) is 53.6 cm³/mol. The number of benzene rings is 1. The second kappa shape index (κ2) is 4.00. The van der Waals surface area contributed by atoms with Crippen molar-refractivity contribution in [3.05, 3.63) is 29.8 Å². The summed E-state index contributed by atoms with van der Waals surface area (Å²) in [5, 5.41) is 0. The van der Waals surface area contributed by atoms with Gasteiger partial charge >= 0.3 is 5.97 Å². The fourth-order valence-electron chi connectivity index (χ4n) is 0.879. The van der Waals surface area contributed by atoms with Crippen LogP contribution in [0.25, 0.3) is 0 Å². The van der Waals surface area contributed by atoms with Crippen molar-refractivity contribution in [3.8, 4) is 5.75 Å². The average Bonchev–Trinajstić information content (AvgIpc) is 2.03. The zero-order valence-electron chi connectivity index (χ0n) is 7.11. The van der Waals surface area contributed by atoms with E-state index in [0.717, 1.165) is 0 Å². The summed E-state index contributed by atoms with van der Waals surface area (Å²) in [5.74, 6) is 0.0953. The van der Waals surface area contributed by atoms with Gasteiger partial charge in [0.2, 0.25) is 0 Å². The number of carbonyl (C=O) groups is 1. The first kappa shape index (κ1) is 9.67. The molecule has 0 saturated heterocycles. The van der Waals surface area contributed by atoms with Crippen LogP contribution in [0.4, 0.5) is 0 Å². The lowest BCUT2D eigenvalue weighted by Crippen LogP contribution is -2.09. The molecule has 0 spiro atoms. The number of ether oxygens (including phenoxy) is 1. The third kappa shape index (κ3) is 2.83. The molecule has 2 N–H and O–H groups in total. The summed E-state index contributed by atoms with van der Waals surface area (Å²) in [6, 6.07) is 6.79. The van der Waals surface area contributed by atoms with Crippen LogP contribution in [0.15, 0.2) is 24.3 Å². The molecule has 0 radical (unpaired) electrons. The Morgan fingerprint density at radius 2 is 2.23 bits per heavy atom. The van der Waals surface area contributed by atoms with Crippen molar-refractivity contribution in [2.45, 2.75) is 6.92 Å². The molecule has 1 rings (SSSR count). The molecular formula is C9H9NO2S. The van der Waals surface area contributed by atoms with E-state index in [1.165, 1.54) is 6.92 Å². The predicted octanol–water partition coefficient (Wildman–Crippen LogP) is 1.25. The highest BCUT2D eigenvalue weighted by Gasteiger charge is 2.00. The molecule has 0 amide bonds. The number of hydrogen-bond acceptors (Lipinski definition) is 3. The average molecular weight is 195 g/mol. The standard InChI is InChI=1S/C9H9NO2S/c1-6(11)12-8-4-2-3-7(5-8)9(10)13/h2-5H,1H3,(H2,10,13). The Morgan fingerprint density at radius 1 is 1.54 bits per heavy atom. The van der Waals surface area contributed by atoms with Crippen LogP contribution in [0.3, 0.4) is 0 Å². The molecule has 0 saturated carbocycles. The van der Waals surface area contributed by atoms with E-state index in [4.69, 9.17) is 22.7 Å². The van der Waals surface area contributed by atoms with E-state index in [2.05, 4.69) is 0 Å². The zero-order chi connectivity index (χ0) is 9.84. The van der Waals surface area contributed by atoms with Crippen LogP contribution in [-0.4, -0.2) is 11.0 Å². The van der Waals surface area contributed by atoms with Crippen molar-refractivity contribution in [3.63, 3.8) is 0 Å². The fourth-order valence-corrected chi connectivity index (χ4v) is 1.01. The molecule has 0 bridgehead atoms. The quantitative estimate of drug-likeness (QED) is 0.438. The van der Waals surface area contributed by atoms with Crippen LogP contribution in [0.5, 0.6) is 5.75 Å². The van der Waals surface area contributed by atoms with Gasteiger partial charge in [-0.1, -0.05) is 24.4 Å². The van der Waals surface area contributed by atoms with Gasteiger partial charge in [-0.05, 0) is 12.1 Å². The molecule has 3 nitrogen and oxygen atoms in total. The van der Waals surface area contributed by atoms with Gasteiger partial charge in [0.1, 0.15) is 10.7 Å². The van der Waals surface area contributed by atoms with E-state index >= 15 is 0 Å². The summed E-state index contributed by atoms with van der Waals surface area (Å²) in [7, 11) is 0. The van der Waals surface area contributed by atoms with Crippen molar-refractivity contribution < 1.29 is 9.53 Å². The molecule has 0 aromatic heterocycles. The molecule has 0 aliphatic carbocycles. The Labute approximate surface area is 81.5 Å². The van der Waals surface area contributed by atoms with Crippen molar-refractivity contribution in [1.82, 2.24) is 0 Å². The Hall–Kier alpha value is -1.42. The third-order valence-electron chi connectivity index (χ3n) is 1.38. The van der Waals surface area contributed by atoms with E-state index in [9.17, 15) is 4.79 Å². The largest absolute Gasteiger partial charge is 0.427 e. The summed E-state index contributed by atoms with van der Waals surface area (Å²) in [6.07, 6.45) is 0. The Morgan fingerprint density at radius 3 is 2.77 bits per heavy atom. The highest BCUT2D eigenvalue weighted by atomic mass is 32.1. The van der Waals surface area contributed by atoms with Crippen LogP contribution < -0.4 is 10.5 Å². The Kier molecular flexibility index (Phi) is 2.97. The zero-order valence-corrected chi connectivity index (χ0v) is 7.93. The van der Waals surface area contributed by atoms with E-state index in [0.29, 0.717) is 11.3 Å². The second-order valence-electron chi connectivity index (χ2n) is 2.49. The number of carbonyl (C=O) groups excluding carboxylic acids is 1. The first-order valence-corrected chi connectivity index (χ1v) is 4.08. The second-order valence-corrected chi connectivity index (χ2v) is 2.93. The number of esters is 1. The number of hydrogen-bond donors (Lipinski definition) is 1. The molecule has 68 valence electrons. The Balaban J connectivity index is 2.91. The minimum atomic E-state index is -0.361. The van der Waals surface area contributed by atoms with Gasteiger partial charge in [0, 0.05) is 12.5 Å². The maximum atomic E-state index is 10.6. The summed E-state index contributed by atoms with van der Waals surface area (Å²) in [5.41, 5.74) is 6.09. The summed E-state index contributed by atoms with van der Waals surface area (Å²) < 4.78 is 4.85. The van der Waals surface area contributed by atoms with Gasteiger partial charge in [0.05, 0.1) is 0 Å². The topological polar surface area (TPSA) is 52.3 Å². The molecule has 0 aliphatic rings. The first-order valence-electron chi connectivity index (χ1n) is 3.68. The monoisotopic (exact) mass is 195 g/mol. The molecule has 0 heterocycles. The number of nitrogens with two attached hydrogens (primary N) is 1. The molecular weight excluding hydrogens is 186 g/mol. The van der Waals surface area contributed by atoms with Gasteiger partial charge in [0.15, 0.2) is 0 Å². The lowest BCUT2D eigenvalue weighted by atomic mass is 10.2. The van der Waals surface area contributed by atoms with E-state index in [1.807, 2.05) is 0 Å². The molecule has 4 heteroatoms. The van der Waals surface area contributed by atoms with Crippen molar-refractivity contribution in [1.29, 1.82) is 0 Å². The SMILES string of the molecule is CC(=O)Oc1cccc(C(N)=S)c1. The smallest absolute Gasteiger partial charge is 0.308 e. The van der Waals surface area contributed by atoms with Crippen molar-refractivity contribution >= 4 is 23.2 Å². The highest BCUT2D eigenvalue weighted by Crippen LogP contribution is 2.13. The van der Waals surface area contributed by atoms with Gasteiger partial charge in [-0.3, -0.25) is 4.79 Å². The molecule has 1 aromatic carbocycles. The van der Waals surface area contributed by atoms with E-state index in [-0.39, 0.29) is 11.0 Å². The third-order valence-corrected chi connectivity index (χ3v) is 1.62. The molecule has 0 aliphatic heterocycles. The lowest BCUT2D eigenvalue weighted by molar-refractivity contribution is -0.131. The van der Waals surface area contributed by atoms with Crippen LogP contribution in [-0.2, 0) is 4.79 Å².